The first-order valence-electron chi connectivity index (χ1n) is 6.30. The molecule has 0 aliphatic heterocycles. The maximum absolute atomic E-state index is 12.2. The van der Waals surface area contributed by atoms with Gasteiger partial charge < -0.3 is 5.32 Å². The quantitative estimate of drug-likeness (QED) is 0.913. The van der Waals surface area contributed by atoms with Crippen LogP contribution in [0.3, 0.4) is 0 Å². The lowest BCUT2D eigenvalue weighted by Gasteiger charge is -2.12. The van der Waals surface area contributed by atoms with Crippen molar-refractivity contribution in [2.75, 3.05) is 0 Å². The van der Waals surface area contributed by atoms with Crippen LogP contribution in [0, 0.1) is 0 Å². The number of aromatic nitrogens is 1. The second-order valence-electron chi connectivity index (χ2n) is 4.40. The van der Waals surface area contributed by atoms with Crippen LogP contribution in [-0.2, 0) is 4.79 Å². The monoisotopic (exact) mass is 256 g/mol. The van der Waals surface area contributed by atoms with Crippen molar-refractivity contribution < 1.29 is 9.59 Å². The topological polar surface area (TPSA) is 59.1 Å². The molecule has 2 rings (SSSR count). The molecular formula is C15H16N2O2. The molecule has 4 heteroatoms. The Morgan fingerprint density at radius 2 is 2.00 bits per heavy atom. The van der Waals surface area contributed by atoms with E-state index in [1.54, 1.807) is 20.0 Å². The van der Waals surface area contributed by atoms with Crippen LogP contribution in [0.1, 0.15) is 30.8 Å². The van der Waals surface area contributed by atoms with E-state index in [-0.39, 0.29) is 11.7 Å². The Kier molecular flexibility index (Phi) is 3.90. The number of rotatable bonds is 4. The minimum absolute atomic E-state index is 0.00795. The van der Waals surface area contributed by atoms with Crippen LogP contribution in [0.25, 0.3) is 10.8 Å². The van der Waals surface area contributed by atoms with Crippen molar-refractivity contribution in [1.82, 2.24) is 10.3 Å². The number of nitrogens with zero attached hydrogens (tertiary/aromatic N) is 1. The predicted octanol–water partition coefficient (Wildman–Crippen LogP) is 2.33. The second-order valence-corrected chi connectivity index (χ2v) is 4.40. The summed E-state index contributed by atoms with van der Waals surface area (Å²) in [6.45, 7) is 3.47. The molecule has 1 heterocycles. The smallest absolute Gasteiger partial charge is 0.271 e. The van der Waals surface area contributed by atoms with Gasteiger partial charge in [-0.05, 0) is 18.4 Å². The molecule has 19 heavy (non-hydrogen) atoms. The van der Waals surface area contributed by atoms with Crippen LogP contribution in [0.15, 0.2) is 36.5 Å². The Hall–Kier alpha value is -2.23. The number of nitrogens with one attached hydrogen (secondary N) is 1. The van der Waals surface area contributed by atoms with Crippen LogP contribution in [0.4, 0.5) is 0 Å². The van der Waals surface area contributed by atoms with Gasteiger partial charge in [-0.25, -0.2) is 0 Å². The van der Waals surface area contributed by atoms with Crippen molar-refractivity contribution in [3.05, 3.63) is 42.2 Å². The van der Waals surface area contributed by atoms with E-state index >= 15 is 0 Å². The van der Waals surface area contributed by atoms with Gasteiger partial charge in [-0.15, -0.1) is 0 Å². The molecule has 0 bridgehead atoms. The van der Waals surface area contributed by atoms with Crippen molar-refractivity contribution >= 4 is 22.5 Å². The molecule has 0 radical (unpaired) electrons. The van der Waals surface area contributed by atoms with E-state index in [0.29, 0.717) is 12.1 Å². The Balaban J connectivity index is 2.29. The van der Waals surface area contributed by atoms with Gasteiger partial charge in [-0.1, -0.05) is 31.2 Å². The van der Waals surface area contributed by atoms with Gasteiger partial charge in [0.25, 0.3) is 5.91 Å². The first kappa shape index (κ1) is 13.2. The van der Waals surface area contributed by atoms with E-state index in [2.05, 4.69) is 10.3 Å². The number of benzene rings is 1. The van der Waals surface area contributed by atoms with E-state index in [0.717, 1.165) is 10.8 Å². The Morgan fingerprint density at radius 3 is 2.74 bits per heavy atom. The number of hydrogen-bond donors (Lipinski definition) is 1. The third kappa shape index (κ3) is 2.78. The third-order valence-electron chi connectivity index (χ3n) is 3.07. The number of carbonyl (C=O) groups is 2. The molecule has 0 spiro atoms. The van der Waals surface area contributed by atoms with Crippen molar-refractivity contribution in [1.29, 1.82) is 0 Å². The van der Waals surface area contributed by atoms with Gasteiger partial charge in [-0.3, -0.25) is 14.6 Å². The summed E-state index contributed by atoms with van der Waals surface area (Å²) in [5, 5.41) is 4.43. The molecule has 1 aromatic carbocycles. The van der Waals surface area contributed by atoms with Crippen LogP contribution < -0.4 is 5.32 Å². The van der Waals surface area contributed by atoms with Gasteiger partial charge in [0.05, 0.1) is 6.04 Å². The van der Waals surface area contributed by atoms with Crippen LogP contribution >= 0.6 is 0 Å². The van der Waals surface area contributed by atoms with Gasteiger partial charge in [-0.2, -0.15) is 0 Å². The number of pyridine rings is 1. The first-order valence-corrected chi connectivity index (χ1v) is 6.30. The van der Waals surface area contributed by atoms with Gasteiger partial charge in [0.2, 0.25) is 0 Å². The summed E-state index contributed by atoms with van der Waals surface area (Å²) in [6, 6.07) is 8.91. The average molecular weight is 256 g/mol. The lowest BCUT2D eigenvalue weighted by atomic mass is 10.1. The highest BCUT2D eigenvalue weighted by atomic mass is 16.2. The maximum Gasteiger partial charge on any atom is 0.271 e. The Morgan fingerprint density at radius 1 is 1.26 bits per heavy atom. The van der Waals surface area contributed by atoms with Crippen molar-refractivity contribution in [2.24, 2.45) is 0 Å². The van der Waals surface area contributed by atoms with Crippen LogP contribution in [0.5, 0.6) is 0 Å². The maximum atomic E-state index is 12.2. The zero-order valence-electron chi connectivity index (χ0n) is 11.0. The van der Waals surface area contributed by atoms with E-state index in [4.69, 9.17) is 0 Å². The van der Waals surface area contributed by atoms with Gasteiger partial charge in [0, 0.05) is 18.0 Å². The standard InChI is InChI=1S/C15H16N2O2/c1-3-13(18)10(2)17-15(19)14-12-7-5-4-6-11(12)8-9-16-14/h4-10H,3H2,1-2H3,(H,17,19). The minimum Gasteiger partial charge on any atom is -0.341 e. The Bertz CT molecular complexity index is 617. The Labute approximate surface area is 111 Å². The van der Waals surface area contributed by atoms with E-state index < -0.39 is 6.04 Å². The van der Waals surface area contributed by atoms with Crippen LogP contribution in [0.2, 0.25) is 0 Å². The summed E-state index contributed by atoms with van der Waals surface area (Å²) in [5.74, 6) is -0.306. The molecule has 0 fully saturated rings. The molecule has 0 aliphatic rings. The summed E-state index contributed by atoms with van der Waals surface area (Å²) in [4.78, 5) is 27.8. The summed E-state index contributed by atoms with van der Waals surface area (Å²) in [7, 11) is 0. The molecule has 98 valence electrons. The minimum atomic E-state index is -0.488. The van der Waals surface area contributed by atoms with Crippen molar-refractivity contribution in [2.45, 2.75) is 26.3 Å². The lowest BCUT2D eigenvalue weighted by Crippen LogP contribution is -2.38. The molecule has 1 unspecified atom stereocenters. The zero-order chi connectivity index (χ0) is 13.8. The fraction of sp³-hybridized carbons (Fsp3) is 0.267. The second kappa shape index (κ2) is 5.61. The summed E-state index contributed by atoms with van der Waals surface area (Å²) in [5.41, 5.74) is 0.355. The molecule has 1 amide bonds. The number of ketones is 1. The van der Waals surface area contributed by atoms with E-state index in [1.807, 2.05) is 30.3 Å². The number of carbonyl (C=O) groups excluding carboxylic acids is 2. The highest BCUT2D eigenvalue weighted by Gasteiger charge is 2.17. The normalized spacial score (nSPS) is 12.1. The van der Waals surface area contributed by atoms with E-state index in [1.165, 1.54) is 0 Å². The molecule has 1 aromatic heterocycles. The molecule has 2 aromatic rings. The SMILES string of the molecule is CCC(=O)C(C)NC(=O)c1nccc2ccccc12. The molecular weight excluding hydrogens is 240 g/mol. The number of hydrogen-bond acceptors (Lipinski definition) is 3. The summed E-state index contributed by atoms with van der Waals surface area (Å²) < 4.78 is 0. The highest BCUT2D eigenvalue weighted by molar-refractivity contribution is 6.06. The van der Waals surface area contributed by atoms with Gasteiger partial charge >= 0.3 is 0 Å². The predicted molar refractivity (Wildman–Crippen MR) is 74.0 cm³/mol. The largest absolute Gasteiger partial charge is 0.341 e. The fourth-order valence-electron chi connectivity index (χ4n) is 1.95. The molecule has 1 atom stereocenters. The molecule has 1 N–H and O–H groups in total. The summed E-state index contributed by atoms with van der Waals surface area (Å²) in [6.07, 6.45) is 2.01. The molecule has 0 aliphatic carbocycles. The fourth-order valence-corrected chi connectivity index (χ4v) is 1.95. The first-order chi connectivity index (χ1) is 9.13. The van der Waals surface area contributed by atoms with Crippen molar-refractivity contribution in [3.63, 3.8) is 0 Å². The van der Waals surface area contributed by atoms with Crippen LogP contribution in [-0.4, -0.2) is 22.7 Å². The third-order valence-corrected chi connectivity index (χ3v) is 3.07. The number of fused-ring (bicyclic) bond motifs is 1. The van der Waals surface area contributed by atoms with E-state index in [9.17, 15) is 9.59 Å². The molecule has 4 nitrogen and oxygen atoms in total. The zero-order valence-corrected chi connectivity index (χ0v) is 11.0. The van der Waals surface area contributed by atoms with Crippen molar-refractivity contribution in [3.8, 4) is 0 Å². The summed E-state index contributed by atoms with van der Waals surface area (Å²) >= 11 is 0. The van der Waals surface area contributed by atoms with Gasteiger partial charge in [0.15, 0.2) is 5.78 Å². The number of Topliss-reactive ketones (excluding diaryl/α,β-unsaturated/α-hetero) is 1. The molecule has 0 saturated heterocycles. The number of amides is 1. The highest BCUT2D eigenvalue weighted by Crippen LogP contribution is 2.16. The molecule has 0 saturated carbocycles. The van der Waals surface area contributed by atoms with Gasteiger partial charge in [0.1, 0.15) is 5.69 Å². The lowest BCUT2D eigenvalue weighted by molar-refractivity contribution is -0.120. The average Bonchev–Trinajstić information content (AvgIpc) is 2.45.